The molecule has 0 amide bonds. The highest BCUT2D eigenvalue weighted by Crippen LogP contribution is 2.40. The molecule has 0 bridgehead atoms. The van der Waals surface area contributed by atoms with Crippen LogP contribution in [0, 0.1) is 0 Å². The number of methoxy groups -OCH3 is 1. The van der Waals surface area contributed by atoms with E-state index in [2.05, 4.69) is 0 Å². The molecule has 0 unspecified atom stereocenters. The molecule has 0 saturated carbocycles. The van der Waals surface area contributed by atoms with Crippen molar-refractivity contribution < 1.29 is 19.1 Å². The molecule has 4 rings (SSSR count). The van der Waals surface area contributed by atoms with Crippen molar-refractivity contribution in [2.45, 2.75) is 12.2 Å². The van der Waals surface area contributed by atoms with Crippen LogP contribution in [0.4, 0.5) is 0 Å². The monoisotopic (exact) mass is 254 g/mol. The van der Waals surface area contributed by atoms with E-state index in [9.17, 15) is 9.59 Å². The summed E-state index contributed by atoms with van der Waals surface area (Å²) in [7, 11) is 1.58. The molecule has 2 aromatic rings. The van der Waals surface area contributed by atoms with Gasteiger partial charge in [-0.25, -0.2) is 0 Å². The number of hydrogen-bond acceptors (Lipinski definition) is 4. The van der Waals surface area contributed by atoms with Crippen LogP contribution < -0.4 is 4.74 Å². The Kier molecular flexibility index (Phi) is 1.93. The average molecular weight is 254 g/mol. The van der Waals surface area contributed by atoms with Crippen molar-refractivity contribution in [1.82, 2.24) is 0 Å². The molecule has 1 saturated heterocycles. The lowest BCUT2D eigenvalue weighted by Crippen LogP contribution is -2.26. The number of benzene rings is 2. The van der Waals surface area contributed by atoms with E-state index in [-0.39, 0.29) is 11.6 Å². The minimum absolute atomic E-state index is 0.0932. The molecule has 2 aliphatic rings. The predicted octanol–water partition coefficient (Wildman–Crippen LogP) is 1.99. The van der Waals surface area contributed by atoms with Gasteiger partial charge in [-0.1, -0.05) is 12.1 Å². The van der Waals surface area contributed by atoms with E-state index in [4.69, 9.17) is 9.47 Å². The van der Waals surface area contributed by atoms with Gasteiger partial charge in [-0.15, -0.1) is 0 Å². The Balaban J connectivity index is 2.10. The number of hydrogen-bond donors (Lipinski definition) is 0. The summed E-state index contributed by atoms with van der Waals surface area (Å²) in [6, 6.07) is 9.00. The highest BCUT2D eigenvalue weighted by Gasteiger charge is 2.55. The van der Waals surface area contributed by atoms with E-state index in [1.54, 1.807) is 13.2 Å². The molecule has 4 heteroatoms. The number of carbonyl (C=O) groups is 2. The van der Waals surface area contributed by atoms with Gasteiger partial charge in [-0.05, 0) is 23.6 Å². The zero-order valence-electron chi connectivity index (χ0n) is 10.2. The van der Waals surface area contributed by atoms with Gasteiger partial charge in [0, 0.05) is 16.5 Å². The molecule has 1 aliphatic heterocycles. The third kappa shape index (κ3) is 1.26. The summed E-state index contributed by atoms with van der Waals surface area (Å²) in [6.07, 6.45) is -1.13. The lowest BCUT2D eigenvalue weighted by Gasteiger charge is -2.14. The van der Waals surface area contributed by atoms with Crippen LogP contribution in [0.3, 0.4) is 0 Å². The van der Waals surface area contributed by atoms with Crippen molar-refractivity contribution in [1.29, 1.82) is 0 Å². The minimum Gasteiger partial charge on any atom is -0.496 e. The number of carbonyl (C=O) groups excluding carboxylic acids is 2. The summed E-state index contributed by atoms with van der Waals surface area (Å²) in [6.45, 7) is 0. The minimum atomic E-state index is -0.572. The lowest BCUT2D eigenvalue weighted by atomic mass is 9.86. The van der Waals surface area contributed by atoms with Crippen molar-refractivity contribution in [3.8, 4) is 5.75 Å². The van der Waals surface area contributed by atoms with E-state index in [1.165, 1.54) is 0 Å². The number of epoxide rings is 1. The maximum atomic E-state index is 12.3. The highest BCUT2D eigenvalue weighted by molar-refractivity contribution is 6.26. The topological polar surface area (TPSA) is 55.9 Å². The Hall–Kier alpha value is -2.20. The van der Waals surface area contributed by atoms with Crippen LogP contribution in [0.2, 0.25) is 0 Å². The van der Waals surface area contributed by atoms with Gasteiger partial charge in [0.1, 0.15) is 5.75 Å². The van der Waals surface area contributed by atoms with Crippen LogP contribution in [-0.2, 0) is 4.74 Å². The predicted molar refractivity (Wildman–Crippen MR) is 67.8 cm³/mol. The fraction of sp³-hybridized carbons (Fsp3) is 0.200. The first-order chi connectivity index (χ1) is 9.22. The van der Waals surface area contributed by atoms with Crippen LogP contribution in [0.5, 0.6) is 5.75 Å². The van der Waals surface area contributed by atoms with Crippen LogP contribution >= 0.6 is 0 Å². The molecule has 1 fully saturated rings. The quantitative estimate of drug-likeness (QED) is 0.730. The maximum Gasteiger partial charge on any atom is 0.196 e. The largest absolute Gasteiger partial charge is 0.496 e. The average Bonchev–Trinajstić information content (AvgIpc) is 3.23. The van der Waals surface area contributed by atoms with E-state index in [0.717, 1.165) is 10.8 Å². The normalized spacial score (nSPS) is 24.1. The van der Waals surface area contributed by atoms with E-state index < -0.39 is 12.2 Å². The molecule has 0 N–H and O–H groups in total. The van der Waals surface area contributed by atoms with Crippen LogP contribution in [0.25, 0.3) is 10.8 Å². The molecule has 1 aliphatic carbocycles. The summed E-state index contributed by atoms with van der Waals surface area (Å²) in [5, 5.41) is 1.59. The molecular formula is C15H10O4. The van der Waals surface area contributed by atoms with Crippen molar-refractivity contribution in [3.63, 3.8) is 0 Å². The number of Topliss-reactive ketones (excluding diaryl/α,β-unsaturated/α-hetero) is 2. The Morgan fingerprint density at radius 3 is 2.58 bits per heavy atom. The smallest absolute Gasteiger partial charge is 0.196 e. The highest BCUT2D eigenvalue weighted by atomic mass is 16.6. The molecule has 0 radical (unpaired) electrons. The van der Waals surface area contributed by atoms with Gasteiger partial charge in [0.05, 0.1) is 7.11 Å². The van der Waals surface area contributed by atoms with Gasteiger partial charge in [0.2, 0.25) is 0 Å². The standard InChI is InChI=1S/C15H10O4/c1-18-10-4-2-3-8-7(10)5-6-9-11(8)13(17)15-14(19-15)12(9)16/h2-6,14-15H,1H3/t14-,15+/m1/s1. The summed E-state index contributed by atoms with van der Waals surface area (Å²) in [5.74, 6) is 0.502. The maximum absolute atomic E-state index is 12.3. The Labute approximate surface area is 108 Å². The van der Waals surface area contributed by atoms with E-state index >= 15 is 0 Å². The summed E-state index contributed by atoms with van der Waals surface area (Å²) < 4.78 is 10.5. The molecular weight excluding hydrogens is 244 g/mol. The summed E-state index contributed by atoms with van der Waals surface area (Å²) in [4.78, 5) is 24.4. The van der Waals surface area contributed by atoms with Gasteiger partial charge in [-0.2, -0.15) is 0 Å². The molecule has 2 aromatic carbocycles. The third-order valence-electron chi connectivity index (χ3n) is 3.76. The first-order valence-corrected chi connectivity index (χ1v) is 6.06. The van der Waals surface area contributed by atoms with Crippen molar-refractivity contribution in [2.24, 2.45) is 0 Å². The molecule has 94 valence electrons. The van der Waals surface area contributed by atoms with Gasteiger partial charge < -0.3 is 9.47 Å². The van der Waals surface area contributed by atoms with Crippen molar-refractivity contribution >= 4 is 22.3 Å². The zero-order chi connectivity index (χ0) is 13.1. The van der Waals surface area contributed by atoms with Crippen molar-refractivity contribution in [3.05, 3.63) is 41.5 Å². The fourth-order valence-corrected chi connectivity index (χ4v) is 2.78. The molecule has 0 aromatic heterocycles. The Bertz CT molecular complexity index is 747. The Morgan fingerprint density at radius 2 is 1.79 bits per heavy atom. The van der Waals surface area contributed by atoms with Crippen LogP contribution in [0.15, 0.2) is 30.3 Å². The van der Waals surface area contributed by atoms with Gasteiger partial charge in [0.25, 0.3) is 0 Å². The zero-order valence-corrected chi connectivity index (χ0v) is 10.2. The van der Waals surface area contributed by atoms with Crippen LogP contribution in [-0.4, -0.2) is 30.9 Å². The summed E-state index contributed by atoms with van der Waals surface area (Å²) >= 11 is 0. The van der Waals surface area contributed by atoms with E-state index in [1.807, 2.05) is 24.3 Å². The number of ketones is 2. The van der Waals surface area contributed by atoms with Crippen LogP contribution in [0.1, 0.15) is 20.7 Å². The molecule has 1 heterocycles. The third-order valence-corrected chi connectivity index (χ3v) is 3.76. The van der Waals surface area contributed by atoms with Gasteiger partial charge >= 0.3 is 0 Å². The second-order valence-corrected chi connectivity index (χ2v) is 4.75. The first kappa shape index (κ1) is 10.7. The van der Waals surface area contributed by atoms with Crippen molar-refractivity contribution in [2.75, 3.05) is 7.11 Å². The molecule has 4 nitrogen and oxygen atoms in total. The number of rotatable bonds is 1. The number of ether oxygens (including phenoxy) is 2. The lowest BCUT2D eigenvalue weighted by molar-refractivity contribution is 0.0923. The molecule has 2 atom stereocenters. The second-order valence-electron chi connectivity index (χ2n) is 4.75. The number of fused-ring (bicyclic) bond motifs is 4. The summed E-state index contributed by atoms with van der Waals surface area (Å²) in [5.41, 5.74) is 0.935. The Morgan fingerprint density at radius 1 is 1.00 bits per heavy atom. The fourth-order valence-electron chi connectivity index (χ4n) is 2.78. The molecule has 19 heavy (non-hydrogen) atoms. The van der Waals surface area contributed by atoms with E-state index in [0.29, 0.717) is 16.9 Å². The van der Waals surface area contributed by atoms with Gasteiger partial charge in [0.15, 0.2) is 23.8 Å². The first-order valence-electron chi connectivity index (χ1n) is 6.06. The SMILES string of the molecule is COc1cccc2c3c(ccc12)C(=O)[C@H]1O[C@H]1C3=O. The second kappa shape index (κ2) is 3.42. The molecule has 0 spiro atoms. The van der Waals surface area contributed by atoms with Gasteiger partial charge in [-0.3, -0.25) is 9.59 Å².